The fourth-order valence-electron chi connectivity index (χ4n) is 1.80. The van der Waals surface area contributed by atoms with Crippen LogP contribution in [0.4, 0.5) is 4.39 Å². The first kappa shape index (κ1) is 15.4. The molecule has 0 radical (unpaired) electrons. The van der Waals surface area contributed by atoms with Gasteiger partial charge in [-0.2, -0.15) is 0 Å². The largest absolute Gasteiger partial charge is 0.494 e. The lowest BCUT2D eigenvalue weighted by atomic mass is 9.93. The second kappa shape index (κ2) is 6.52. The topological polar surface area (TPSA) is 58.6 Å². The molecule has 1 aromatic carbocycles. The van der Waals surface area contributed by atoms with E-state index in [4.69, 9.17) is 4.74 Å². The number of nitrogens with one attached hydrogen (secondary N) is 1. The van der Waals surface area contributed by atoms with Gasteiger partial charge in [-0.1, -0.05) is 13.8 Å². The molecule has 0 fully saturated rings. The van der Waals surface area contributed by atoms with Gasteiger partial charge >= 0.3 is 0 Å². The quantitative estimate of drug-likeness (QED) is 0.831. The van der Waals surface area contributed by atoms with Crippen molar-refractivity contribution in [1.82, 2.24) is 5.32 Å². The van der Waals surface area contributed by atoms with Crippen molar-refractivity contribution in [2.45, 2.75) is 32.2 Å². The number of carbonyl (C=O) groups excluding carboxylic acids is 1. The Labute approximate surface area is 112 Å². The number of aliphatic hydroxyl groups excluding tert-OH is 1. The third kappa shape index (κ3) is 3.44. The Morgan fingerprint density at radius 1 is 1.42 bits per heavy atom. The van der Waals surface area contributed by atoms with Gasteiger partial charge in [0.05, 0.1) is 19.3 Å². The highest BCUT2D eigenvalue weighted by atomic mass is 19.1. The first-order valence-electron chi connectivity index (χ1n) is 6.28. The maximum atomic E-state index is 13.3. The van der Waals surface area contributed by atoms with Crippen molar-refractivity contribution < 1.29 is 19.0 Å². The van der Waals surface area contributed by atoms with E-state index >= 15 is 0 Å². The zero-order valence-electron chi connectivity index (χ0n) is 11.5. The van der Waals surface area contributed by atoms with E-state index in [-0.39, 0.29) is 18.3 Å². The number of hydrogen-bond donors (Lipinski definition) is 2. The maximum absolute atomic E-state index is 13.3. The zero-order chi connectivity index (χ0) is 14.5. The highest BCUT2D eigenvalue weighted by Crippen LogP contribution is 2.20. The molecule has 1 aromatic rings. The van der Waals surface area contributed by atoms with Crippen molar-refractivity contribution in [1.29, 1.82) is 0 Å². The summed E-state index contributed by atoms with van der Waals surface area (Å²) in [6.45, 7) is 3.65. The van der Waals surface area contributed by atoms with Gasteiger partial charge < -0.3 is 15.2 Å². The second-order valence-electron chi connectivity index (χ2n) is 4.45. The molecule has 0 saturated carbocycles. The molecule has 106 valence electrons. The summed E-state index contributed by atoms with van der Waals surface area (Å²) >= 11 is 0. The van der Waals surface area contributed by atoms with Crippen LogP contribution in [0, 0.1) is 5.82 Å². The van der Waals surface area contributed by atoms with E-state index in [2.05, 4.69) is 5.32 Å². The average molecular weight is 269 g/mol. The zero-order valence-corrected chi connectivity index (χ0v) is 11.5. The van der Waals surface area contributed by atoms with E-state index in [1.54, 1.807) is 0 Å². The van der Waals surface area contributed by atoms with E-state index < -0.39 is 11.4 Å². The van der Waals surface area contributed by atoms with E-state index in [0.717, 1.165) is 0 Å². The molecule has 0 aliphatic carbocycles. The summed E-state index contributed by atoms with van der Waals surface area (Å²) in [6.07, 6.45) is 1.23. The molecule has 5 heteroatoms. The van der Waals surface area contributed by atoms with Gasteiger partial charge in [-0.05, 0) is 31.0 Å². The van der Waals surface area contributed by atoms with Crippen LogP contribution in [0.5, 0.6) is 5.75 Å². The van der Waals surface area contributed by atoms with Crippen molar-refractivity contribution in [3.63, 3.8) is 0 Å². The molecular weight excluding hydrogens is 249 g/mol. The third-order valence-corrected chi connectivity index (χ3v) is 3.45. The summed E-state index contributed by atoms with van der Waals surface area (Å²) in [5.41, 5.74) is -0.336. The fourth-order valence-corrected chi connectivity index (χ4v) is 1.80. The predicted octanol–water partition coefficient (Wildman–Crippen LogP) is 2.12. The SMILES string of the molecule is CCC(CC)(CO)NC(=O)c1ccc(F)c(OC)c1. The van der Waals surface area contributed by atoms with Gasteiger partial charge in [0.1, 0.15) is 0 Å². The smallest absolute Gasteiger partial charge is 0.251 e. The number of carbonyl (C=O) groups is 1. The van der Waals surface area contributed by atoms with Crippen molar-refractivity contribution >= 4 is 5.91 Å². The van der Waals surface area contributed by atoms with Gasteiger partial charge in [0.15, 0.2) is 11.6 Å². The number of rotatable bonds is 6. The molecule has 2 N–H and O–H groups in total. The van der Waals surface area contributed by atoms with Gasteiger partial charge in [0.25, 0.3) is 5.91 Å². The van der Waals surface area contributed by atoms with Crippen molar-refractivity contribution in [2.24, 2.45) is 0 Å². The Morgan fingerprint density at radius 2 is 2.05 bits per heavy atom. The number of methoxy groups -OCH3 is 1. The number of aliphatic hydroxyl groups is 1. The lowest BCUT2D eigenvalue weighted by molar-refractivity contribution is 0.0817. The van der Waals surface area contributed by atoms with Crippen LogP contribution in [-0.2, 0) is 0 Å². The molecule has 0 aliphatic rings. The fraction of sp³-hybridized carbons (Fsp3) is 0.500. The highest BCUT2D eigenvalue weighted by Gasteiger charge is 2.27. The van der Waals surface area contributed by atoms with Gasteiger partial charge in [0, 0.05) is 5.56 Å². The Balaban J connectivity index is 2.94. The predicted molar refractivity (Wildman–Crippen MR) is 70.8 cm³/mol. The van der Waals surface area contributed by atoms with Crippen molar-refractivity contribution in [3.8, 4) is 5.75 Å². The first-order chi connectivity index (χ1) is 9.01. The average Bonchev–Trinajstić information content (AvgIpc) is 2.45. The third-order valence-electron chi connectivity index (χ3n) is 3.45. The monoisotopic (exact) mass is 269 g/mol. The van der Waals surface area contributed by atoms with Crippen molar-refractivity contribution in [2.75, 3.05) is 13.7 Å². The van der Waals surface area contributed by atoms with Gasteiger partial charge in [-0.25, -0.2) is 4.39 Å². The molecule has 0 bridgehead atoms. The van der Waals surface area contributed by atoms with Crippen LogP contribution in [0.3, 0.4) is 0 Å². The summed E-state index contributed by atoms with van der Waals surface area (Å²) in [5.74, 6) is -0.843. The Bertz CT molecular complexity index is 436. The van der Waals surface area contributed by atoms with Crippen LogP contribution in [0.15, 0.2) is 18.2 Å². The summed E-state index contributed by atoms with van der Waals surface area (Å²) in [6, 6.07) is 3.92. The summed E-state index contributed by atoms with van der Waals surface area (Å²) in [7, 11) is 1.34. The number of amides is 1. The first-order valence-corrected chi connectivity index (χ1v) is 6.28. The molecule has 4 nitrogen and oxygen atoms in total. The molecule has 0 unspecified atom stereocenters. The molecule has 0 spiro atoms. The van der Waals surface area contributed by atoms with Crippen molar-refractivity contribution in [3.05, 3.63) is 29.6 Å². The van der Waals surface area contributed by atoms with E-state index in [9.17, 15) is 14.3 Å². The van der Waals surface area contributed by atoms with Crippen LogP contribution < -0.4 is 10.1 Å². The molecule has 19 heavy (non-hydrogen) atoms. The minimum Gasteiger partial charge on any atom is -0.494 e. The van der Waals surface area contributed by atoms with E-state index in [1.807, 2.05) is 13.8 Å². The summed E-state index contributed by atoms with van der Waals surface area (Å²) < 4.78 is 18.1. The van der Waals surface area contributed by atoms with E-state index in [0.29, 0.717) is 18.4 Å². The number of ether oxygens (including phenoxy) is 1. The van der Waals surface area contributed by atoms with Gasteiger partial charge in [-0.15, -0.1) is 0 Å². The number of benzene rings is 1. The Hall–Kier alpha value is -1.62. The highest BCUT2D eigenvalue weighted by molar-refractivity contribution is 5.95. The summed E-state index contributed by atoms with van der Waals surface area (Å²) in [5, 5.41) is 12.2. The molecule has 0 saturated heterocycles. The molecule has 1 amide bonds. The number of halogens is 1. The normalized spacial score (nSPS) is 11.2. The minimum absolute atomic E-state index is 0.0234. The molecular formula is C14H20FNO3. The van der Waals surface area contributed by atoms with Crippen LogP contribution in [0.1, 0.15) is 37.0 Å². The molecule has 0 aromatic heterocycles. The lowest BCUT2D eigenvalue weighted by Gasteiger charge is -2.30. The van der Waals surface area contributed by atoms with Gasteiger partial charge in [0.2, 0.25) is 0 Å². The van der Waals surface area contributed by atoms with Crippen LogP contribution in [0.2, 0.25) is 0 Å². The Kier molecular flexibility index (Phi) is 5.30. The summed E-state index contributed by atoms with van der Waals surface area (Å²) in [4.78, 5) is 12.1. The molecule has 0 heterocycles. The second-order valence-corrected chi connectivity index (χ2v) is 4.45. The molecule has 1 rings (SSSR count). The maximum Gasteiger partial charge on any atom is 0.251 e. The number of hydrogen-bond acceptors (Lipinski definition) is 3. The van der Waals surface area contributed by atoms with Crippen LogP contribution in [-0.4, -0.2) is 30.3 Å². The van der Waals surface area contributed by atoms with Crippen LogP contribution in [0.25, 0.3) is 0 Å². The lowest BCUT2D eigenvalue weighted by Crippen LogP contribution is -2.50. The van der Waals surface area contributed by atoms with Gasteiger partial charge in [-0.3, -0.25) is 4.79 Å². The van der Waals surface area contributed by atoms with E-state index in [1.165, 1.54) is 25.3 Å². The minimum atomic E-state index is -0.640. The molecule has 0 aliphatic heterocycles. The van der Waals surface area contributed by atoms with Crippen LogP contribution >= 0.6 is 0 Å². The Morgan fingerprint density at radius 3 is 2.53 bits per heavy atom. The standard InChI is InChI=1S/C14H20FNO3/c1-4-14(5-2,9-17)16-13(18)10-6-7-11(15)12(8-10)19-3/h6-8,17H,4-5,9H2,1-3H3,(H,16,18). The molecule has 0 atom stereocenters.